The second-order valence-corrected chi connectivity index (χ2v) is 8.14. The smallest absolute Gasteiger partial charge is 0.246 e. The molecule has 0 saturated carbocycles. The topological polar surface area (TPSA) is 38.8 Å². The maximum atomic E-state index is 12.3. The Hall–Kier alpha value is -1.69. The third-order valence-electron chi connectivity index (χ3n) is 3.42. The molecule has 0 atom stereocenters. The molecule has 0 radical (unpaired) electrons. The van der Waals surface area contributed by atoms with E-state index in [0.29, 0.717) is 27.4 Å². The second kappa shape index (κ2) is 9.31. The molecule has 0 saturated heterocycles. The lowest BCUT2D eigenvalue weighted by Crippen LogP contribution is -2.23. The van der Waals surface area contributed by atoms with Gasteiger partial charge in [-0.05, 0) is 49.8 Å². The van der Waals surface area contributed by atoms with Gasteiger partial charge in [0.15, 0.2) is 11.5 Å². The Morgan fingerprint density at radius 1 is 1.31 bits per heavy atom. The highest BCUT2D eigenvalue weighted by atomic mass is 35.5. The molecule has 0 N–H and O–H groups in total. The van der Waals surface area contributed by atoms with E-state index in [1.165, 1.54) is 17.4 Å². The summed E-state index contributed by atoms with van der Waals surface area (Å²) in [4.78, 5) is 14.9. The number of hydrogen-bond acceptors (Lipinski definition) is 4. The van der Waals surface area contributed by atoms with E-state index in [2.05, 4.69) is 0 Å². The maximum absolute atomic E-state index is 12.3. The number of hydrogen-bond donors (Lipinski definition) is 0. The van der Waals surface area contributed by atoms with E-state index in [4.69, 9.17) is 32.7 Å². The molecule has 2 rings (SSSR count). The summed E-state index contributed by atoms with van der Waals surface area (Å²) in [5.74, 6) is 0.909. The van der Waals surface area contributed by atoms with E-state index in [1.807, 2.05) is 26.0 Å². The van der Waals surface area contributed by atoms with Crippen molar-refractivity contribution in [2.45, 2.75) is 26.5 Å². The Bertz CT molecular complexity index is 802. The van der Waals surface area contributed by atoms with Crippen LogP contribution in [0.15, 0.2) is 30.3 Å². The molecule has 0 aliphatic heterocycles. The lowest BCUT2D eigenvalue weighted by atomic mass is 10.1. The van der Waals surface area contributed by atoms with Crippen molar-refractivity contribution in [1.82, 2.24) is 4.90 Å². The number of halogens is 2. The summed E-state index contributed by atoms with van der Waals surface area (Å²) >= 11 is 13.7. The number of thiophene rings is 1. The van der Waals surface area contributed by atoms with Crippen molar-refractivity contribution in [2.75, 3.05) is 14.2 Å². The summed E-state index contributed by atoms with van der Waals surface area (Å²) in [6.07, 6.45) is 3.18. The van der Waals surface area contributed by atoms with Gasteiger partial charge in [-0.3, -0.25) is 4.79 Å². The largest absolute Gasteiger partial charge is 0.493 e. The van der Waals surface area contributed by atoms with Gasteiger partial charge in [-0.1, -0.05) is 23.2 Å². The molecule has 0 aliphatic carbocycles. The van der Waals surface area contributed by atoms with Gasteiger partial charge in [0.2, 0.25) is 5.91 Å². The Morgan fingerprint density at radius 3 is 2.62 bits per heavy atom. The van der Waals surface area contributed by atoms with Gasteiger partial charge in [-0.25, -0.2) is 0 Å². The quantitative estimate of drug-likeness (QED) is 0.560. The maximum Gasteiger partial charge on any atom is 0.246 e. The fourth-order valence-electron chi connectivity index (χ4n) is 2.23. The Morgan fingerprint density at radius 2 is 2.04 bits per heavy atom. The molecule has 0 unspecified atom stereocenters. The molecule has 4 nitrogen and oxygen atoms in total. The molecule has 1 amide bonds. The molecule has 1 aromatic carbocycles. The Balaban J connectivity index is 2.11. The minimum absolute atomic E-state index is 0.0243. The average Bonchev–Trinajstić information content (AvgIpc) is 2.99. The van der Waals surface area contributed by atoms with Crippen LogP contribution in [0.1, 0.15) is 24.3 Å². The highest BCUT2D eigenvalue weighted by Gasteiger charge is 2.13. The first-order chi connectivity index (χ1) is 12.3. The number of ether oxygens (including phenoxy) is 2. The number of amides is 1. The summed E-state index contributed by atoms with van der Waals surface area (Å²) < 4.78 is 11.8. The molecule has 0 fully saturated rings. The number of carbonyl (C=O) groups is 1. The van der Waals surface area contributed by atoms with Crippen LogP contribution in [0.3, 0.4) is 0 Å². The zero-order chi connectivity index (χ0) is 19.3. The Kier molecular flexibility index (Phi) is 7.38. The molecule has 140 valence electrons. The van der Waals surface area contributed by atoms with Gasteiger partial charge < -0.3 is 14.4 Å². The van der Waals surface area contributed by atoms with Crippen LogP contribution in [-0.4, -0.2) is 31.1 Å². The van der Waals surface area contributed by atoms with Crippen LogP contribution in [0, 0.1) is 0 Å². The minimum Gasteiger partial charge on any atom is -0.493 e. The molecule has 2 aromatic rings. The molecular formula is C19H21Cl2NO3S. The van der Waals surface area contributed by atoms with Crippen molar-refractivity contribution >= 4 is 46.5 Å². The molecule has 7 heteroatoms. The first-order valence-electron chi connectivity index (χ1n) is 8.01. The summed E-state index contributed by atoms with van der Waals surface area (Å²) in [6.45, 7) is 4.34. The van der Waals surface area contributed by atoms with Crippen LogP contribution in [0.2, 0.25) is 9.36 Å². The van der Waals surface area contributed by atoms with Gasteiger partial charge >= 0.3 is 0 Å². The van der Waals surface area contributed by atoms with Crippen molar-refractivity contribution in [3.63, 3.8) is 0 Å². The Labute approximate surface area is 167 Å². The van der Waals surface area contributed by atoms with Crippen molar-refractivity contribution in [3.8, 4) is 11.5 Å². The van der Waals surface area contributed by atoms with E-state index in [1.54, 1.807) is 37.3 Å². The van der Waals surface area contributed by atoms with Crippen molar-refractivity contribution in [3.05, 3.63) is 50.1 Å². The lowest BCUT2D eigenvalue weighted by Gasteiger charge is -2.16. The summed E-state index contributed by atoms with van der Waals surface area (Å²) in [7, 11) is 3.30. The number of rotatable bonds is 7. The summed E-state index contributed by atoms with van der Waals surface area (Å²) in [5.41, 5.74) is 0.754. The third kappa shape index (κ3) is 5.66. The SMILES string of the molecule is COc1cc(/C=C/C(=O)N(C)Cc2ccc(Cl)s2)cc(Cl)c1OC(C)C. The molecule has 0 bridgehead atoms. The third-order valence-corrected chi connectivity index (χ3v) is 4.92. The van der Waals surface area contributed by atoms with E-state index < -0.39 is 0 Å². The van der Waals surface area contributed by atoms with Crippen LogP contribution < -0.4 is 9.47 Å². The van der Waals surface area contributed by atoms with Gasteiger partial charge in [0.1, 0.15) is 0 Å². The number of nitrogens with zero attached hydrogens (tertiary/aromatic N) is 1. The highest BCUT2D eigenvalue weighted by Crippen LogP contribution is 2.37. The molecular weight excluding hydrogens is 393 g/mol. The highest BCUT2D eigenvalue weighted by molar-refractivity contribution is 7.16. The van der Waals surface area contributed by atoms with Gasteiger partial charge in [0, 0.05) is 18.0 Å². The van der Waals surface area contributed by atoms with E-state index in [0.717, 1.165) is 10.4 Å². The van der Waals surface area contributed by atoms with Crippen LogP contribution in [0.5, 0.6) is 11.5 Å². The first kappa shape index (κ1) is 20.6. The van der Waals surface area contributed by atoms with Gasteiger partial charge in [0.05, 0.1) is 29.1 Å². The second-order valence-electron chi connectivity index (χ2n) is 5.93. The van der Waals surface area contributed by atoms with Crippen LogP contribution in [0.25, 0.3) is 6.08 Å². The monoisotopic (exact) mass is 413 g/mol. The normalized spacial score (nSPS) is 11.2. The van der Waals surface area contributed by atoms with Crippen molar-refractivity contribution in [1.29, 1.82) is 0 Å². The van der Waals surface area contributed by atoms with E-state index >= 15 is 0 Å². The van der Waals surface area contributed by atoms with Gasteiger partial charge in [-0.15, -0.1) is 11.3 Å². The summed E-state index contributed by atoms with van der Waals surface area (Å²) in [6, 6.07) is 7.26. The van der Waals surface area contributed by atoms with Crippen LogP contribution in [0.4, 0.5) is 0 Å². The van der Waals surface area contributed by atoms with Crippen LogP contribution >= 0.6 is 34.5 Å². The number of likely N-dealkylation sites (N-methyl/N-ethyl adjacent to an activating group) is 1. The van der Waals surface area contributed by atoms with Crippen LogP contribution in [-0.2, 0) is 11.3 Å². The molecule has 26 heavy (non-hydrogen) atoms. The number of methoxy groups -OCH3 is 1. The standard InChI is InChI=1S/C19H21Cl2NO3S/c1-12(2)25-19-15(20)9-13(10-16(19)24-4)5-8-18(23)22(3)11-14-6-7-17(21)26-14/h5-10,12H,11H2,1-4H3/b8-5+. The lowest BCUT2D eigenvalue weighted by molar-refractivity contribution is -0.125. The van der Waals surface area contributed by atoms with Gasteiger partial charge in [-0.2, -0.15) is 0 Å². The molecule has 1 heterocycles. The van der Waals surface area contributed by atoms with E-state index in [9.17, 15) is 4.79 Å². The summed E-state index contributed by atoms with van der Waals surface area (Å²) in [5, 5.41) is 0.437. The van der Waals surface area contributed by atoms with E-state index in [-0.39, 0.29) is 12.0 Å². The molecule has 0 aliphatic rings. The van der Waals surface area contributed by atoms with Crippen molar-refractivity contribution < 1.29 is 14.3 Å². The first-order valence-corrected chi connectivity index (χ1v) is 9.59. The fraction of sp³-hybridized carbons (Fsp3) is 0.316. The van der Waals surface area contributed by atoms with Crippen molar-refractivity contribution in [2.24, 2.45) is 0 Å². The zero-order valence-corrected chi connectivity index (χ0v) is 17.4. The number of carbonyl (C=O) groups excluding carboxylic acids is 1. The molecule has 0 spiro atoms. The fourth-order valence-corrected chi connectivity index (χ4v) is 3.63. The predicted molar refractivity (Wildman–Crippen MR) is 109 cm³/mol. The van der Waals surface area contributed by atoms with Gasteiger partial charge in [0.25, 0.3) is 0 Å². The zero-order valence-electron chi connectivity index (χ0n) is 15.1. The predicted octanol–water partition coefficient (Wildman–Crippen LogP) is 5.52. The molecule has 1 aromatic heterocycles. The average molecular weight is 414 g/mol. The number of benzene rings is 1. The minimum atomic E-state index is -0.118.